The summed E-state index contributed by atoms with van der Waals surface area (Å²) in [5.74, 6) is 1.33. The number of nitrogens with two attached hydrogens (primary N) is 1. The van der Waals surface area contributed by atoms with Crippen LogP contribution in [0.5, 0.6) is 11.5 Å². The van der Waals surface area contributed by atoms with Gasteiger partial charge >= 0.3 is 0 Å². The molecule has 0 aliphatic carbocycles. The third kappa shape index (κ3) is 5.24. The number of carbonyl (C=O) groups excluding carboxylic acids is 1. The standard InChI is InChI=1S/C20H26N2O5S/c1-14(15-6-5-7-18(13-15)28(21,24)25)22(2)20(23)11-8-16-12-17(26-3)9-10-19(16)27-4/h5-7,9-10,12-14H,8,11H2,1-4H3,(H2,21,24,25). The zero-order valence-corrected chi connectivity index (χ0v) is 17.3. The summed E-state index contributed by atoms with van der Waals surface area (Å²) in [5, 5.41) is 5.19. The van der Waals surface area contributed by atoms with Crippen molar-refractivity contribution in [1.82, 2.24) is 4.90 Å². The first kappa shape index (κ1) is 21.7. The van der Waals surface area contributed by atoms with Crippen molar-refractivity contribution in [1.29, 1.82) is 0 Å². The van der Waals surface area contributed by atoms with Crippen LogP contribution >= 0.6 is 0 Å². The van der Waals surface area contributed by atoms with E-state index in [1.807, 2.05) is 19.1 Å². The minimum atomic E-state index is -3.79. The monoisotopic (exact) mass is 406 g/mol. The summed E-state index contributed by atoms with van der Waals surface area (Å²) >= 11 is 0. The summed E-state index contributed by atoms with van der Waals surface area (Å²) in [7, 11) is 1.07. The van der Waals surface area contributed by atoms with Crippen molar-refractivity contribution in [3.8, 4) is 11.5 Å². The second kappa shape index (κ2) is 9.07. The van der Waals surface area contributed by atoms with E-state index in [1.54, 1.807) is 44.4 Å². The highest BCUT2D eigenvalue weighted by atomic mass is 32.2. The molecule has 8 heteroatoms. The largest absolute Gasteiger partial charge is 0.497 e. The van der Waals surface area contributed by atoms with Crippen LogP contribution in [0.15, 0.2) is 47.4 Å². The number of methoxy groups -OCH3 is 2. The van der Waals surface area contributed by atoms with Crippen LogP contribution in [0.3, 0.4) is 0 Å². The van der Waals surface area contributed by atoms with E-state index >= 15 is 0 Å². The lowest BCUT2D eigenvalue weighted by atomic mass is 10.0. The third-order valence-corrected chi connectivity index (χ3v) is 5.65. The molecule has 0 aliphatic heterocycles. The fourth-order valence-corrected chi connectivity index (χ4v) is 3.45. The number of amides is 1. The normalized spacial score (nSPS) is 12.3. The molecule has 2 aromatic rings. The summed E-state index contributed by atoms with van der Waals surface area (Å²) in [5.41, 5.74) is 1.58. The molecule has 2 rings (SSSR count). The lowest BCUT2D eigenvalue weighted by Crippen LogP contribution is -2.30. The molecule has 0 aromatic heterocycles. The smallest absolute Gasteiger partial charge is 0.238 e. The molecule has 28 heavy (non-hydrogen) atoms. The molecule has 0 spiro atoms. The molecule has 0 bridgehead atoms. The maximum Gasteiger partial charge on any atom is 0.238 e. The maximum absolute atomic E-state index is 12.7. The predicted molar refractivity (Wildman–Crippen MR) is 107 cm³/mol. The van der Waals surface area contributed by atoms with Gasteiger partial charge in [0.1, 0.15) is 11.5 Å². The highest BCUT2D eigenvalue weighted by molar-refractivity contribution is 7.89. The molecule has 2 aromatic carbocycles. The number of primary sulfonamides is 1. The van der Waals surface area contributed by atoms with Gasteiger partial charge in [-0.3, -0.25) is 4.79 Å². The molecule has 0 fully saturated rings. The highest BCUT2D eigenvalue weighted by Gasteiger charge is 2.19. The average molecular weight is 407 g/mol. The molecule has 1 unspecified atom stereocenters. The van der Waals surface area contributed by atoms with E-state index in [4.69, 9.17) is 14.6 Å². The van der Waals surface area contributed by atoms with Crippen LogP contribution in [0.25, 0.3) is 0 Å². The van der Waals surface area contributed by atoms with E-state index in [2.05, 4.69) is 0 Å². The van der Waals surface area contributed by atoms with Gasteiger partial charge in [0.05, 0.1) is 25.2 Å². The first-order valence-corrected chi connectivity index (χ1v) is 10.3. The molecule has 1 amide bonds. The van der Waals surface area contributed by atoms with Crippen LogP contribution in [0, 0.1) is 0 Å². The van der Waals surface area contributed by atoms with Crippen molar-refractivity contribution in [2.45, 2.75) is 30.7 Å². The molecule has 0 saturated carbocycles. The van der Waals surface area contributed by atoms with E-state index in [9.17, 15) is 13.2 Å². The van der Waals surface area contributed by atoms with E-state index in [-0.39, 0.29) is 23.3 Å². The van der Waals surface area contributed by atoms with Gasteiger partial charge in [0.2, 0.25) is 15.9 Å². The van der Waals surface area contributed by atoms with Gasteiger partial charge in [-0.1, -0.05) is 12.1 Å². The van der Waals surface area contributed by atoms with Crippen LogP contribution in [-0.4, -0.2) is 40.5 Å². The van der Waals surface area contributed by atoms with E-state index in [0.29, 0.717) is 23.5 Å². The van der Waals surface area contributed by atoms with Crippen LogP contribution in [-0.2, 0) is 21.2 Å². The summed E-state index contributed by atoms with van der Waals surface area (Å²) in [6, 6.07) is 11.5. The van der Waals surface area contributed by atoms with Gasteiger partial charge < -0.3 is 14.4 Å². The Morgan fingerprint density at radius 3 is 2.46 bits per heavy atom. The van der Waals surface area contributed by atoms with Gasteiger partial charge in [-0.2, -0.15) is 0 Å². The van der Waals surface area contributed by atoms with Crippen molar-refractivity contribution in [2.24, 2.45) is 5.14 Å². The van der Waals surface area contributed by atoms with Crippen molar-refractivity contribution in [3.63, 3.8) is 0 Å². The van der Waals surface area contributed by atoms with Crippen molar-refractivity contribution < 1.29 is 22.7 Å². The zero-order valence-electron chi connectivity index (χ0n) is 16.5. The van der Waals surface area contributed by atoms with Gasteiger partial charge in [-0.15, -0.1) is 0 Å². The number of sulfonamides is 1. The van der Waals surface area contributed by atoms with Gasteiger partial charge in [0, 0.05) is 13.5 Å². The van der Waals surface area contributed by atoms with Crippen LogP contribution in [0.2, 0.25) is 0 Å². The summed E-state index contributed by atoms with van der Waals surface area (Å²) in [6.45, 7) is 1.84. The molecule has 152 valence electrons. The Morgan fingerprint density at radius 2 is 1.86 bits per heavy atom. The molecule has 0 saturated heterocycles. The third-order valence-electron chi connectivity index (χ3n) is 4.74. The average Bonchev–Trinajstić information content (AvgIpc) is 2.69. The number of carbonyl (C=O) groups is 1. The molecule has 1 atom stereocenters. The predicted octanol–water partition coefficient (Wildman–Crippen LogP) is 2.50. The van der Waals surface area contributed by atoms with Gasteiger partial charge in [-0.25, -0.2) is 13.6 Å². The zero-order chi connectivity index (χ0) is 20.9. The fraction of sp³-hybridized carbons (Fsp3) is 0.350. The van der Waals surface area contributed by atoms with E-state index in [0.717, 1.165) is 5.56 Å². The number of hydrogen-bond acceptors (Lipinski definition) is 5. The Bertz CT molecular complexity index is 943. The number of aryl methyl sites for hydroxylation is 1. The maximum atomic E-state index is 12.7. The van der Waals surface area contributed by atoms with Gasteiger partial charge in [0.25, 0.3) is 0 Å². The minimum absolute atomic E-state index is 0.0267. The highest BCUT2D eigenvalue weighted by Crippen LogP contribution is 2.26. The molecule has 7 nitrogen and oxygen atoms in total. The van der Waals surface area contributed by atoms with E-state index < -0.39 is 10.0 Å². The van der Waals surface area contributed by atoms with Crippen molar-refractivity contribution >= 4 is 15.9 Å². The fourth-order valence-electron chi connectivity index (χ4n) is 2.89. The Balaban J connectivity index is 2.11. The van der Waals surface area contributed by atoms with Crippen LogP contribution in [0.1, 0.15) is 30.5 Å². The Morgan fingerprint density at radius 1 is 1.14 bits per heavy atom. The molecular weight excluding hydrogens is 380 g/mol. The lowest BCUT2D eigenvalue weighted by molar-refractivity contribution is -0.131. The first-order chi connectivity index (χ1) is 13.2. The number of hydrogen-bond donors (Lipinski definition) is 1. The minimum Gasteiger partial charge on any atom is -0.497 e. The molecule has 2 N–H and O–H groups in total. The number of ether oxygens (including phenoxy) is 2. The van der Waals surface area contributed by atoms with Crippen LogP contribution < -0.4 is 14.6 Å². The second-order valence-corrected chi connectivity index (χ2v) is 8.04. The van der Waals surface area contributed by atoms with Gasteiger partial charge in [-0.05, 0) is 54.8 Å². The van der Waals surface area contributed by atoms with Crippen molar-refractivity contribution in [3.05, 3.63) is 53.6 Å². The van der Waals surface area contributed by atoms with E-state index in [1.165, 1.54) is 12.1 Å². The molecular formula is C20H26N2O5S. The SMILES string of the molecule is COc1ccc(OC)c(CCC(=O)N(C)C(C)c2cccc(S(N)(=O)=O)c2)c1. The summed E-state index contributed by atoms with van der Waals surface area (Å²) in [4.78, 5) is 14.3. The number of nitrogens with zero attached hydrogens (tertiary/aromatic N) is 1. The summed E-state index contributed by atoms with van der Waals surface area (Å²) in [6.07, 6.45) is 0.771. The molecule has 0 aliphatic rings. The van der Waals surface area contributed by atoms with Crippen molar-refractivity contribution in [2.75, 3.05) is 21.3 Å². The number of rotatable bonds is 8. The Hall–Kier alpha value is -2.58. The first-order valence-electron chi connectivity index (χ1n) is 8.76. The Kier molecular flexibility index (Phi) is 7.04. The summed E-state index contributed by atoms with van der Waals surface area (Å²) < 4.78 is 33.7. The van der Waals surface area contributed by atoms with Gasteiger partial charge in [0.15, 0.2) is 0 Å². The topological polar surface area (TPSA) is 98.9 Å². The second-order valence-electron chi connectivity index (χ2n) is 6.48. The molecule has 0 radical (unpaired) electrons. The lowest BCUT2D eigenvalue weighted by Gasteiger charge is -2.26. The van der Waals surface area contributed by atoms with Crippen LogP contribution in [0.4, 0.5) is 0 Å². The number of benzene rings is 2. The Labute approximate surface area is 166 Å². The quantitative estimate of drug-likeness (QED) is 0.726. The molecule has 0 heterocycles.